The largest absolute Gasteiger partial charge is 0.342 e. The topological polar surface area (TPSA) is 123 Å². The zero-order chi connectivity index (χ0) is 25.7. The summed E-state index contributed by atoms with van der Waals surface area (Å²) in [5, 5.41) is 15.4. The van der Waals surface area contributed by atoms with Gasteiger partial charge < -0.3 is 5.32 Å². The van der Waals surface area contributed by atoms with Crippen LogP contribution in [0, 0.1) is 10.1 Å². The van der Waals surface area contributed by atoms with Crippen LogP contribution in [0.3, 0.4) is 0 Å². The number of nitro groups is 1. The minimum absolute atomic E-state index is 0.0854. The van der Waals surface area contributed by atoms with E-state index in [0.29, 0.717) is 16.7 Å². The van der Waals surface area contributed by atoms with Crippen LogP contribution in [0.2, 0.25) is 0 Å². The summed E-state index contributed by atoms with van der Waals surface area (Å²) in [5.41, 5.74) is 1.32. The highest BCUT2D eigenvalue weighted by Gasteiger charge is 2.25. The lowest BCUT2D eigenvalue weighted by Gasteiger charge is -2.20. The zero-order valence-corrected chi connectivity index (χ0v) is 19.9. The minimum atomic E-state index is -2.47. The van der Waals surface area contributed by atoms with Crippen LogP contribution in [0.1, 0.15) is 28.8 Å². The Kier molecular flexibility index (Phi) is 7.50. The molecule has 1 atom stereocenters. The van der Waals surface area contributed by atoms with Crippen molar-refractivity contribution in [1.82, 2.24) is 5.32 Å². The molecule has 0 heterocycles. The van der Waals surface area contributed by atoms with Crippen molar-refractivity contribution in [2.24, 2.45) is 0 Å². The maximum atomic E-state index is 13.4. The summed E-state index contributed by atoms with van der Waals surface area (Å²) in [6.45, 7) is 0. The van der Waals surface area contributed by atoms with Crippen LogP contribution in [0.15, 0.2) is 90.5 Å². The van der Waals surface area contributed by atoms with E-state index in [0.717, 1.165) is 10.8 Å². The Morgan fingerprint density at radius 2 is 1.72 bits per heavy atom. The molecule has 1 aliphatic carbocycles. The van der Waals surface area contributed by atoms with Crippen LogP contribution in [-0.4, -0.2) is 35.9 Å². The number of non-ortho nitro benzene ring substituents is 1. The Balaban J connectivity index is 1.64. The number of nitrogens with one attached hydrogen (secondary N) is 1. The summed E-state index contributed by atoms with van der Waals surface area (Å²) >= 11 is 0. The third kappa shape index (κ3) is 5.64. The molecular formula is C27H22N2O6S. The number of fused-ring (bicyclic) bond motifs is 1. The van der Waals surface area contributed by atoms with Gasteiger partial charge in [-0.1, -0.05) is 66.8 Å². The summed E-state index contributed by atoms with van der Waals surface area (Å²) in [4.78, 5) is 37.3. The molecule has 3 aromatic rings. The van der Waals surface area contributed by atoms with Crippen molar-refractivity contribution in [3.05, 3.63) is 112 Å². The summed E-state index contributed by atoms with van der Waals surface area (Å²) < 4.78 is 23.3. The summed E-state index contributed by atoms with van der Waals surface area (Å²) in [7, 11) is -2.47. The van der Waals surface area contributed by atoms with Gasteiger partial charge >= 0.3 is 0 Å². The van der Waals surface area contributed by atoms with Gasteiger partial charge in [0, 0.05) is 30.5 Å². The molecule has 9 heteroatoms. The number of rotatable bonds is 8. The van der Waals surface area contributed by atoms with Crippen LogP contribution in [0.25, 0.3) is 10.8 Å². The van der Waals surface area contributed by atoms with Gasteiger partial charge in [-0.25, -0.2) is 0 Å². The SMILES string of the molecule is O=C(N[C@@H](Cc1ccc([N+](=O)[O-])cc1)C(=O)CC1=CC=CCC1=S(=O)=O)c1cccc2ccccc12. The molecule has 1 amide bonds. The summed E-state index contributed by atoms with van der Waals surface area (Å²) in [6.07, 6.45) is 5.08. The molecule has 0 aromatic heterocycles. The number of nitrogens with zero attached hydrogens (tertiary/aromatic N) is 1. The Hall–Kier alpha value is -4.37. The van der Waals surface area contributed by atoms with Crippen molar-refractivity contribution in [1.29, 1.82) is 0 Å². The van der Waals surface area contributed by atoms with Crippen molar-refractivity contribution in [2.45, 2.75) is 25.3 Å². The third-order valence-electron chi connectivity index (χ3n) is 5.98. The third-order valence-corrected chi connectivity index (χ3v) is 6.81. The molecule has 8 nitrogen and oxygen atoms in total. The number of carbonyl (C=O) groups is 2. The van der Waals surface area contributed by atoms with Gasteiger partial charge in [0.1, 0.15) is 0 Å². The van der Waals surface area contributed by atoms with Crippen LogP contribution < -0.4 is 5.32 Å². The van der Waals surface area contributed by atoms with E-state index < -0.39 is 27.2 Å². The van der Waals surface area contributed by atoms with Crippen molar-refractivity contribution >= 4 is 43.3 Å². The molecule has 0 saturated carbocycles. The molecule has 4 rings (SSSR count). The number of Topliss-reactive ketones (excluding diaryl/α,β-unsaturated/α-hetero) is 1. The van der Waals surface area contributed by atoms with E-state index in [9.17, 15) is 28.1 Å². The predicted octanol–water partition coefficient (Wildman–Crippen LogP) is 3.99. The lowest BCUT2D eigenvalue weighted by molar-refractivity contribution is -0.384. The van der Waals surface area contributed by atoms with Crippen molar-refractivity contribution in [2.75, 3.05) is 0 Å². The van der Waals surface area contributed by atoms with Crippen LogP contribution in [-0.2, 0) is 21.5 Å². The molecule has 0 spiro atoms. The second kappa shape index (κ2) is 10.9. The average molecular weight is 503 g/mol. The first-order valence-corrected chi connectivity index (χ1v) is 12.3. The van der Waals surface area contributed by atoms with E-state index in [2.05, 4.69) is 5.32 Å². The number of nitro benzene ring substituents is 1. The number of allylic oxidation sites excluding steroid dienone is 4. The first-order chi connectivity index (χ1) is 17.3. The monoisotopic (exact) mass is 502 g/mol. The molecule has 1 aliphatic rings. The number of ketones is 1. The van der Waals surface area contributed by atoms with Crippen LogP contribution >= 0.6 is 0 Å². The van der Waals surface area contributed by atoms with Gasteiger partial charge in [0.2, 0.25) is 10.3 Å². The molecule has 3 aromatic carbocycles. The Labute approximate surface area is 208 Å². The second-order valence-electron chi connectivity index (χ2n) is 8.31. The number of carbonyl (C=O) groups excluding carboxylic acids is 2. The molecule has 1 N–H and O–H groups in total. The van der Waals surface area contributed by atoms with Gasteiger partial charge in [-0.2, -0.15) is 8.42 Å². The molecule has 36 heavy (non-hydrogen) atoms. The van der Waals surface area contributed by atoms with Gasteiger partial charge in [-0.3, -0.25) is 19.7 Å². The fraction of sp³-hybridized carbons (Fsp3) is 0.148. The molecule has 0 aliphatic heterocycles. The molecular weight excluding hydrogens is 480 g/mol. The van der Waals surface area contributed by atoms with E-state index in [-0.39, 0.29) is 35.6 Å². The van der Waals surface area contributed by atoms with Crippen LogP contribution in [0.5, 0.6) is 0 Å². The maximum absolute atomic E-state index is 13.4. The Morgan fingerprint density at radius 3 is 2.44 bits per heavy atom. The minimum Gasteiger partial charge on any atom is -0.342 e. The molecule has 182 valence electrons. The van der Waals surface area contributed by atoms with Gasteiger partial charge in [-0.05, 0) is 34.4 Å². The van der Waals surface area contributed by atoms with Crippen molar-refractivity contribution in [3.63, 3.8) is 0 Å². The second-order valence-corrected chi connectivity index (χ2v) is 9.27. The number of benzene rings is 3. The summed E-state index contributed by atoms with van der Waals surface area (Å²) in [6, 6.07) is 17.5. The quantitative estimate of drug-likeness (QED) is 0.282. The average Bonchev–Trinajstić information content (AvgIpc) is 2.88. The molecule has 0 saturated heterocycles. The van der Waals surface area contributed by atoms with E-state index in [1.165, 1.54) is 24.3 Å². The lowest BCUT2D eigenvalue weighted by Crippen LogP contribution is -2.43. The molecule has 0 unspecified atom stereocenters. The number of hydrogen-bond donors (Lipinski definition) is 1. The van der Waals surface area contributed by atoms with E-state index in [1.54, 1.807) is 30.4 Å². The van der Waals surface area contributed by atoms with Crippen molar-refractivity contribution < 1.29 is 22.9 Å². The van der Waals surface area contributed by atoms with Crippen molar-refractivity contribution in [3.8, 4) is 0 Å². The molecule has 0 radical (unpaired) electrons. The fourth-order valence-electron chi connectivity index (χ4n) is 4.12. The van der Waals surface area contributed by atoms with Gasteiger partial charge in [0.25, 0.3) is 11.6 Å². The fourth-order valence-corrected chi connectivity index (χ4v) is 4.71. The highest BCUT2D eigenvalue weighted by Crippen LogP contribution is 2.21. The highest BCUT2D eigenvalue weighted by molar-refractivity contribution is 7.73. The first kappa shape index (κ1) is 24.7. The van der Waals surface area contributed by atoms with Crippen LogP contribution in [0.4, 0.5) is 5.69 Å². The maximum Gasteiger partial charge on any atom is 0.269 e. The summed E-state index contributed by atoms with van der Waals surface area (Å²) in [5.74, 6) is -0.812. The smallest absolute Gasteiger partial charge is 0.269 e. The van der Waals surface area contributed by atoms with Gasteiger partial charge in [0.15, 0.2) is 5.78 Å². The molecule has 0 bridgehead atoms. The normalized spacial score (nSPS) is 13.7. The lowest BCUT2D eigenvalue weighted by atomic mass is 9.93. The zero-order valence-electron chi connectivity index (χ0n) is 19.1. The number of amides is 1. The van der Waals surface area contributed by atoms with Gasteiger partial charge in [0.05, 0.1) is 15.8 Å². The van der Waals surface area contributed by atoms with E-state index >= 15 is 0 Å². The van der Waals surface area contributed by atoms with E-state index in [1.807, 2.05) is 30.3 Å². The number of hydrogen-bond acceptors (Lipinski definition) is 6. The Bertz CT molecular complexity index is 1540. The first-order valence-electron chi connectivity index (χ1n) is 11.2. The van der Waals surface area contributed by atoms with E-state index in [4.69, 9.17) is 0 Å². The molecule has 0 fully saturated rings. The Morgan fingerprint density at radius 1 is 1.00 bits per heavy atom. The highest BCUT2D eigenvalue weighted by atomic mass is 32.2. The standard InChI is InChI=1S/C27H22N2O6S/c30-25(17-20-7-2-4-11-26(20)36(34)35)24(16-18-12-14-21(15-13-18)29(32)33)28-27(31)23-10-5-8-19-6-1-3-9-22(19)23/h1-10,12-15,24H,11,16-17H2,(H,28,31)/t24-/m0/s1. The van der Waals surface area contributed by atoms with Gasteiger partial charge in [-0.15, -0.1) is 0 Å². The predicted molar refractivity (Wildman–Crippen MR) is 137 cm³/mol.